The van der Waals surface area contributed by atoms with Crippen molar-refractivity contribution in [3.8, 4) is 0 Å². The summed E-state index contributed by atoms with van der Waals surface area (Å²) in [6.45, 7) is 9.49. The third kappa shape index (κ3) is 1.84. The molecular formula is C12H15NO. The summed E-state index contributed by atoms with van der Waals surface area (Å²) in [6.07, 6.45) is 3.53. The molecule has 0 aliphatic rings. The van der Waals surface area contributed by atoms with Crippen molar-refractivity contribution < 1.29 is 0 Å². The summed E-state index contributed by atoms with van der Waals surface area (Å²) in [4.78, 5) is 11.6. The molecular weight excluding hydrogens is 174 g/mol. The maximum Gasteiger partial charge on any atom is 0.255 e. The molecule has 0 unspecified atom stereocenters. The monoisotopic (exact) mass is 189 g/mol. The van der Waals surface area contributed by atoms with Crippen LogP contribution in [-0.2, 0) is 0 Å². The van der Waals surface area contributed by atoms with E-state index in [1.165, 1.54) is 0 Å². The van der Waals surface area contributed by atoms with Gasteiger partial charge < -0.3 is 0 Å². The largest absolute Gasteiger partial charge is 0.285 e. The zero-order valence-electron chi connectivity index (χ0n) is 8.87. The van der Waals surface area contributed by atoms with Crippen molar-refractivity contribution in [2.45, 2.75) is 20.8 Å². The maximum absolute atomic E-state index is 11.6. The molecule has 0 fully saturated rings. The summed E-state index contributed by atoms with van der Waals surface area (Å²) in [7, 11) is 0. The van der Waals surface area contributed by atoms with E-state index in [0.717, 1.165) is 16.8 Å². The van der Waals surface area contributed by atoms with Crippen LogP contribution in [0.15, 0.2) is 29.6 Å². The van der Waals surface area contributed by atoms with E-state index in [-0.39, 0.29) is 5.56 Å². The maximum atomic E-state index is 11.6. The van der Waals surface area contributed by atoms with Gasteiger partial charge in [-0.05, 0) is 38.0 Å². The number of aromatic nitrogens is 1. The minimum atomic E-state index is -0.0313. The predicted molar refractivity (Wildman–Crippen MR) is 61.2 cm³/mol. The first-order chi connectivity index (χ1) is 6.60. The van der Waals surface area contributed by atoms with Crippen molar-refractivity contribution in [2.75, 3.05) is 0 Å². The Balaban J connectivity index is 3.55. The predicted octanol–water partition coefficient (Wildman–Crippen LogP) is 2.68. The Hall–Kier alpha value is -1.57. The standard InChI is InChI=1S/C12H15NO/c1-5-10(4)11-7-9(3)8-12(14)13(11)6-2/h5-8H,2H2,1,3-4H3/b10-5-. The average molecular weight is 189 g/mol. The van der Waals surface area contributed by atoms with E-state index in [4.69, 9.17) is 0 Å². The van der Waals surface area contributed by atoms with Crippen LogP contribution in [0.5, 0.6) is 0 Å². The number of pyridine rings is 1. The fourth-order valence-electron chi connectivity index (χ4n) is 1.35. The van der Waals surface area contributed by atoms with Gasteiger partial charge in [0.1, 0.15) is 0 Å². The molecule has 1 aromatic rings. The first-order valence-corrected chi connectivity index (χ1v) is 4.59. The van der Waals surface area contributed by atoms with E-state index in [1.807, 2.05) is 32.9 Å². The highest BCUT2D eigenvalue weighted by Gasteiger charge is 2.03. The van der Waals surface area contributed by atoms with Gasteiger partial charge in [0.15, 0.2) is 0 Å². The van der Waals surface area contributed by atoms with Gasteiger partial charge in [-0.2, -0.15) is 0 Å². The smallest absolute Gasteiger partial charge is 0.255 e. The van der Waals surface area contributed by atoms with Crippen LogP contribution in [0.1, 0.15) is 25.1 Å². The number of hydrogen-bond acceptors (Lipinski definition) is 1. The summed E-state index contributed by atoms with van der Waals surface area (Å²) < 4.78 is 1.56. The molecule has 2 heteroatoms. The van der Waals surface area contributed by atoms with E-state index >= 15 is 0 Å². The van der Waals surface area contributed by atoms with Gasteiger partial charge in [0, 0.05) is 12.3 Å². The van der Waals surface area contributed by atoms with Gasteiger partial charge in [0.25, 0.3) is 5.56 Å². The third-order valence-corrected chi connectivity index (χ3v) is 2.23. The Bertz CT molecular complexity index is 438. The van der Waals surface area contributed by atoms with E-state index in [9.17, 15) is 4.79 Å². The zero-order valence-corrected chi connectivity index (χ0v) is 8.87. The van der Waals surface area contributed by atoms with Crippen molar-refractivity contribution in [3.05, 3.63) is 46.4 Å². The Morgan fingerprint density at radius 3 is 2.64 bits per heavy atom. The fraction of sp³-hybridized carbons (Fsp3) is 0.250. The second-order valence-corrected chi connectivity index (χ2v) is 3.28. The van der Waals surface area contributed by atoms with Gasteiger partial charge in [-0.15, -0.1) is 0 Å². The highest BCUT2D eigenvalue weighted by molar-refractivity contribution is 5.62. The highest BCUT2D eigenvalue weighted by Crippen LogP contribution is 2.13. The number of nitrogens with zero attached hydrogens (tertiary/aromatic N) is 1. The van der Waals surface area contributed by atoms with Gasteiger partial charge in [-0.25, -0.2) is 0 Å². The quantitative estimate of drug-likeness (QED) is 0.701. The summed E-state index contributed by atoms with van der Waals surface area (Å²) in [5.41, 5.74) is 2.93. The minimum absolute atomic E-state index is 0.0313. The normalized spacial score (nSPS) is 11.5. The second-order valence-electron chi connectivity index (χ2n) is 3.28. The van der Waals surface area contributed by atoms with Gasteiger partial charge in [0.05, 0.1) is 5.69 Å². The average Bonchev–Trinajstić information content (AvgIpc) is 2.15. The first kappa shape index (κ1) is 10.5. The van der Waals surface area contributed by atoms with Crippen molar-refractivity contribution in [1.29, 1.82) is 0 Å². The van der Waals surface area contributed by atoms with E-state index < -0.39 is 0 Å². The van der Waals surface area contributed by atoms with E-state index in [1.54, 1.807) is 16.8 Å². The molecule has 1 heterocycles. The molecule has 1 aromatic heterocycles. The molecule has 0 saturated carbocycles. The summed E-state index contributed by atoms with van der Waals surface area (Å²) >= 11 is 0. The first-order valence-electron chi connectivity index (χ1n) is 4.59. The molecule has 0 atom stereocenters. The van der Waals surface area contributed by atoms with Crippen molar-refractivity contribution in [1.82, 2.24) is 4.57 Å². The SMILES string of the molecule is C=Cn1c(/C(C)=C\C)cc(C)cc1=O. The molecule has 14 heavy (non-hydrogen) atoms. The lowest BCUT2D eigenvalue weighted by atomic mass is 10.1. The van der Waals surface area contributed by atoms with Crippen LogP contribution < -0.4 is 5.56 Å². The van der Waals surface area contributed by atoms with Gasteiger partial charge in [-0.1, -0.05) is 12.7 Å². The molecule has 74 valence electrons. The molecule has 0 N–H and O–H groups in total. The Morgan fingerprint density at radius 2 is 2.14 bits per heavy atom. The Labute approximate surface area is 84.2 Å². The lowest BCUT2D eigenvalue weighted by molar-refractivity contribution is 1.02. The zero-order chi connectivity index (χ0) is 10.7. The highest BCUT2D eigenvalue weighted by atomic mass is 16.1. The third-order valence-electron chi connectivity index (χ3n) is 2.23. The Morgan fingerprint density at radius 1 is 1.50 bits per heavy atom. The molecule has 2 nitrogen and oxygen atoms in total. The summed E-state index contributed by atoms with van der Waals surface area (Å²) in [5, 5.41) is 0. The summed E-state index contributed by atoms with van der Waals surface area (Å²) in [6, 6.07) is 3.59. The fourth-order valence-corrected chi connectivity index (χ4v) is 1.35. The number of hydrogen-bond donors (Lipinski definition) is 0. The van der Waals surface area contributed by atoms with Gasteiger partial charge in [-0.3, -0.25) is 9.36 Å². The second kappa shape index (κ2) is 4.09. The molecule has 0 saturated heterocycles. The lowest BCUT2D eigenvalue weighted by Gasteiger charge is -2.09. The van der Waals surface area contributed by atoms with Gasteiger partial charge in [0.2, 0.25) is 0 Å². The van der Waals surface area contributed by atoms with Crippen molar-refractivity contribution in [2.24, 2.45) is 0 Å². The van der Waals surface area contributed by atoms with Crippen LogP contribution in [0.4, 0.5) is 0 Å². The van der Waals surface area contributed by atoms with Crippen LogP contribution >= 0.6 is 0 Å². The minimum Gasteiger partial charge on any atom is -0.285 e. The molecule has 0 aliphatic carbocycles. The van der Waals surface area contributed by atoms with Crippen LogP contribution in [0.3, 0.4) is 0 Å². The van der Waals surface area contributed by atoms with Crippen LogP contribution in [-0.4, -0.2) is 4.57 Å². The molecule has 0 aliphatic heterocycles. The van der Waals surface area contributed by atoms with E-state index in [0.29, 0.717) is 0 Å². The molecule has 0 radical (unpaired) electrons. The molecule has 0 bridgehead atoms. The van der Waals surface area contributed by atoms with Crippen LogP contribution in [0.2, 0.25) is 0 Å². The number of aryl methyl sites for hydroxylation is 1. The molecule has 0 amide bonds. The number of rotatable bonds is 2. The summed E-state index contributed by atoms with van der Waals surface area (Å²) in [5.74, 6) is 0. The lowest BCUT2D eigenvalue weighted by Crippen LogP contribution is -2.17. The topological polar surface area (TPSA) is 22.0 Å². The Kier molecular flexibility index (Phi) is 3.07. The van der Waals surface area contributed by atoms with Crippen LogP contribution in [0.25, 0.3) is 11.8 Å². The van der Waals surface area contributed by atoms with E-state index in [2.05, 4.69) is 6.58 Å². The van der Waals surface area contributed by atoms with Gasteiger partial charge >= 0.3 is 0 Å². The molecule has 0 spiro atoms. The van der Waals surface area contributed by atoms with Crippen molar-refractivity contribution in [3.63, 3.8) is 0 Å². The van der Waals surface area contributed by atoms with Crippen LogP contribution in [0, 0.1) is 6.92 Å². The number of allylic oxidation sites excluding steroid dienone is 2. The molecule has 0 aromatic carbocycles. The van der Waals surface area contributed by atoms with Crippen molar-refractivity contribution >= 4 is 11.8 Å². The molecule has 1 rings (SSSR count).